The molecule has 2 rings (SSSR count). The second-order valence-electron chi connectivity index (χ2n) is 2.31. The number of aromatic nitrogens is 2. The van der Waals surface area contributed by atoms with Gasteiger partial charge in [-0.25, -0.2) is 9.97 Å². The average molecular weight is 199 g/mol. The summed E-state index contributed by atoms with van der Waals surface area (Å²) in [7, 11) is 0. The van der Waals surface area contributed by atoms with Gasteiger partial charge >= 0.3 is 0 Å². The summed E-state index contributed by atoms with van der Waals surface area (Å²) >= 11 is 11.4. The summed E-state index contributed by atoms with van der Waals surface area (Å²) in [5.41, 5.74) is 1.51. The van der Waals surface area contributed by atoms with Crippen LogP contribution in [-0.4, -0.2) is 9.97 Å². The number of fused-ring (bicyclic) bond motifs is 1. The lowest BCUT2D eigenvalue weighted by molar-refractivity contribution is 1.34. The van der Waals surface area contributed by atoms with Crippen molar-refractivity contribution in [2.45, 2.75) is 0 Å². The van der Waals surface area contributed by atoms with E-state index < -0.39 is 0 Å². The van der Waals surface area contributed by atoms with Crippen molar-refractivity contribution in [1.82, 2.24) is 9.97 Å². The van der Waals surface area contributed by atoms with Gasteiger partial charge in [-0.05, 0) is 24.3 Å². The summed E-state index contributed by atoms with van der Waals surface area (Å²) in [5, 5.41) is 0.929. The SMILES string of the molecule is Clc1ccc2nc(Cl)ccc2n1. The second-order valence-corrected chi connectivity index (χ2v) is 3.08. The van der Waals surface area contributed by atoms with E-state index in [1.165, 1.54) is 0 Å². The first kappa shape index (κ1) is 7.77. The van der Waals surface area contributed by atoms with E-state index in [-0.39, 0.29) is 0 Å². The maximum atomic E-state index is 5.69. The Morgan fingerprint density at radius 1 is 0.750 bits per heavy atom. The standard InChI is InChI=1S/C8H4Cl2N2/c9-7-3-1-5-6(12-7)2-4-8(10)11-5/h1-4H. The third-order valence-corrected chi connectivity index (χ3v) is 1.90. The van der Waals surface area contributed by atoms with E-state index in [2.05, 4.69) is 9.97 Å². The summed E-state index contributed by atoms with van der Waals surface area (Å²) < 4.78 is 0. The highest BCUT2D eigenvalue weighted by Crippen LogP contribution is 2.15. The molecule has 2 heterocycles. The Hall–Kier alpha value is -0.860. The molecule has 0 spiro atoms. The van der Waals surface area contributed by atoms with Gasteiger partial charge in [-0.2, -0.15) is 0 Å². The van der Waals surface area contributed by atoms with Crippen LogP contribution in [-0.2, 0) is 0 Å². The Labute approximate surface area is 79.2 Å². The zero-order chi connectivity index (χ0) is 8.55. The minimum absolute atomic E-state index is 0.464. The van der Waals surface area contributed by atoms with Gasteiger partial charge in [0.05, 0.1) is 11.0 Å². The van der Waals surface area contributed by atoms with Crippen molar-refractivity contribution in [2.24, 2.45) is 0 Å². The third-order valence-electron chi connectivity index (χ3n) is 1.47. The maximum absolute atomic E-state index is 5.69. The fourth-order valence-corrected chi connectivity index (χ4v) is 1.27. The molecule has 0 saturated heterocycles. The van der Waals surface area contributed by atoms with Crippen LogP contribution in [0.2, 0.25) is 10.3 Å². The van der Waals surface area contributed by atoms with E-state index >= 15 is 0 Å². The zero-order valence-electron chi connectivity index (χ0n) is 5.96. The van der Waals surface area contributed by atoms with Crippen LogP contribution in [0.25, 0.3) is 11.0 Å². The van der Waals surface area contributed by atoms with Crippen LogP contribution < -0.4 is 0 Å². The highest BCUT2D eigenvalue weighted by atomic mass is 35.5. The molecule has 0 aromatic carbocycles. The maximum Gasteiger partial charge on any atom is 0.129 e. The van der Waals surface area contributed by atoms with E-state index in [1.54, 1.807) is 24.3 Å². The van der Waals surface area contributed by atoms with Gasteiger partial charge in [0.25, 0.3) is 0 Å². The van der Waals surface area contributed by atoms with E-state index in [1.807, 2.05) is 0 Å². The molecule has 0 unspecified atom stereocenters. The van der Waals surface area contributed by atoms with E-state index in [9.17, 15) is 0 Å². The lowest BCUT2D eigenvalue weighted by Gasteiger charge is -1.96. The fraction of sp³-hybridized carbons (Fsp3) is 0. The largest absolute Gasteiger partial charge is 0.234 e. The lowest BCUT2D eigenvalue weighted by atomic mass is 10.3. The van der Waals surface area contributed by atoms with Crippen LogP contribution in [0.15, 0.2) is 24.3 Å². The molecule has 0 amide bonds. The minimum atomic E-state index is 0.464. The highest BCUT2D eigenvalue weighted by molar-refractivity contribution is 6.30. The summed E-state index contributed by atoms with van der Waals surface area (Å²) in [6.45, 7) is 0. The Bertz CT molecular complexity index is 387. The van der Waals surface area contributed by atoms with Gasteiger partial charge in [0.2, 0.25) is 0 Å². The Balaban J connectivity index is 2.79. The van der Waals surface area contributed by atoms with Crippen LogP contribution in [0.4, 0.5) is 0 Å². The van der Waals surface area contributed by atoms with E-state index in [0.717, 1.165) is 11.0 Å². The second kappa shape index (κ2) is 2.88. The van der Waals surface area contributed by atoms with Gasteiger partial charge in [-0.15, -0.1) is 0 Å². The van der Waals surface area contributed by atoms with Crippen molar-refractivity contribution < 1.29 is 0 Å². The van der Waals surface area contributed by atoms with Crippen LogP contribution in [0.3, 0.4) is 0 Å². The molecule has 0 bridgehead atoms. The molecule has 0 N–H and O–H groups in total. The highest BCUT2D eigenvalue weighted by Gasteiger charge is 1.97. The Kier molecular flexibility index (Phi) is 1.87. The molecule has 0 radical (unpaired) electrons. The van der Waals surface area contributed by atoms with Crippen molar-refractivity contribution in [3.8, 4) is 0 Å². The summed E-state index contributed by atoms with van der Waals surface area (Å²) in [5.74, 6) is 0. The molecule has 0 atom stereocenters. The van der Waals surface area contributed by atoms with Crippen LogP contribution in [0.1, 0.15) is 0 Å². The first-order chi connectivity index (χ1) is 5.75. The molecule has 4 heteroatoms. The molecule has 12 heavy (non-hydrogen) atoms. The predicted molar refractivity (Wildman–Crippen MR) is 49.6 cm³/mol. The van der Waals surface area contributed by atoms with Crippen molar-refractivity contribution in [3.63, 3.8) is 0 Å². The number of nitrogens with zero attached hydrogens (tertiary/aromatic N) is 2. The monoisotopic (exact) mass is 198 g/mol. The number of rotatable bonds is 0. The molecule has 0 aliphatic carbocycles. The molecule has 2 nitrogen and oxygen atoms in total. The molecular weight excluding hydrogens is 195 g/mol. The summed E-state index contributed by atoms with van der Waals surface area (Å²) in [4.78, 5) is 8.12. The van der Waals surface area contributed by atoms with Crippen LogP contribution in [0.5, 0.6) is 0 Å². The van der Waals surface area contributed by atoms with E-state index in [0.29, 0.717) is 10.3 Å². The summed E-state index contributed by atoms with van der Waals surface area (Å²) in [6, 6.07) is 6.95. The van der Waals surface area contributed by atoms with Gasteiger partial charge in [0.15, 0.2) is 0 Å². The molecule has 0 aliphatic heterocycles. The number of pyridine rings is 2. The topological polar surface area (TPSA) is 25.8 Å². The van der Waals surface area contributed by atoms with Gasteiger partial charge in [0.1, 0.15) is 10.3 Å². The third kappa shape index (κ3) is 1.36. The number of halogens is 2. The quantitative estimate of drug-likeness (QED) is 0.609. The molecule has 0 aliphatic rings. The molecule has 0 fully saturated rings. The molecule has 2 aromatic heterocycles. The first-order valence-corrected chi connectivity index (χ1v) is 4.10. The van der Waals surface area contributed by atoms with Gasteiger partial charge < -0.3 is 0 Å². The van der Waals surface area contributed by atoms with Crippen LogP contribution >= 0.6 is 23.2 Å². The van der Waals surface area contributed by atoms with Gasteiger partial charge in [-0.1, -0.05) is 23.2 Å². The van der Waals surface area contributed by atoms with E-state index in [4.69, 9.17) is 23.2 Å². The minimum Gasteiger partial charge on any atom is -0.234 e. The molecular formula is C8H4Cl2N2. The van der Waals surface area contributed by atoms with Gasteiger partial charge in [0, 0.05) is 0 Å². The van der Waals surface area contributed by atoms with Crippen molar-refractivity contribution in [1.29, 1.82) is 0 Å². The lowest BCUT2D eigenvalue weighted by Crippen LogP contribution is -1.82. The molecule has 0 saturated carbocycles. The molecule has 60 valence electrons. The normalized spacial score (nSPS) is 10.5. The van der Waals surface area contributed by atoms with Crippen LogP contribution in [0, 0.1) is 0 Å². The Morgan fingerprint density at radius 2 is 1.17 bits per heavy atom. The number of hydrogen-bond donors (Lipinski definition) is 0. The average Bonchev–Trinajstić information content (AvgIpc) is 2.05. The number of hydrogen-bond acceptors (Lipinski definition) is 2. The van der Waals surface area contributed by atoms with Crippen molar-refractivity contribution >= 4 is 34.2 Å². The predicted octanol–water partition coefficient (Wildman–Crippen LogP) is 2.94. The zero-order valence-corrected chi connectivity index (χ0v) is 7.47. The smallest absolute Gasteiger partial charge is 0.129 e. The van der Waals surface area contributed by atoms with Gasteiger partial charge in [-0.3, -0.25) is 0 Å². The summed E-state index contributed by atoms with van der Waals surface area (Å²) in [6.07, 6.45) is 0. The van der Waals surface area contributed by atoms with Crippen molar-refractivity contribution in [2.75, 3.05) is 0 Å². The van der Waals surface area contributed by atoms with Crippen molar-refractivity contribution in [3.05, 3.63) is 34.6 Å². The Morgan fingerprint density at radius 3 is 1.58 bits per heavy atom. The fourth-order valence-electron chi connectivity index (χ4n) is 0.960. The first-order valence-electron chi connectivity index (χ1n) is 3.34. The molecule has 2 aromatic rings.